The number of unbranched alkanes of at least 4 members (excludes halogenated alkanes) is 6. The van der Waals surface area contributed by atoms with Crippen LogP contribution in [0.4, 0.5) is 0 Å². The molecule has 23 heavy (non-hydrogen) atoms. The van der Waals surface area contributed by atoms with E-state index in [1.165, 1.54) is 44.9 Å². The molecule has 3 heteroatoms. The van der Waals surface area contributed by atoms with E-state index in [1.807, 2.05) is 0 Å². The zero-order valence-electron chi connectivity index (χ0n) is 14.7. The monoisotopic (exact) mass is 322 g/mol. The van der Waals surface area contributed by atoms with Crippen molar-refractivity contribution in [2.45, 2.75) is 96.2 Å². The second kappa shape index (κ2) is 13.4. The normalized spacial score (nSPS) is 20.6. The van der Waals surface area contributed by atoms with Crippen LogP contribution in [-0.4, -0.2) is 23.3 Å². The molecule has 0 amide bonds. The summed E-state index contributed by atoms with van der Waals surface area (Å²) in [5.41, 5.74) is 0. The lowest BCUT2D eigenvalue weighted by atomic mass is 10.1. The quantitative estimate of drug-likeness (QED) is 0.241. The van der Waals surface area contributed by atoms with Gasteiger partial charge in [-0.3, -0.25) is 4.79 Å². The van der Waals surface area contributed by atoms with Crippen LogP contribution >= 0.6 is 0 Å². The fourth-order valence-corrected chi connectivity index (χ4v) is 2.76. The third kappa shape index (κ3) is 12.1. The molecule has 0 spiro atoms. The van der Waals surface area contributed by atoms with Crippen LogP contribution in [0.3, 0.4) is 0 Å². The van der Waals surface area contributed by atoms with Gasteiger partial charge in [-0.2, -0.15) is 0 Å². The van der Waals surface area contributed by atoms with Crippen LogP contribution in [0.1, 0.15) is 84.0 Å². The number of aliphatic carboxylic acids is 1. The Morgan fingerprint density at radius 1 is 0.957 bits per heavy atom. The van der Waals surface area contributed by atoms with E-state index in [0.717, 1.165) is 25.7 Å². The molecule has 1 heterocycles. The van der Waals surface area contributed by atoms with E-state index >= 15 is 0 Å². The van der Waals surface area contributed by atoms with Crippen molar-refractivity contribution in [3.63, 3.8) is 0 Å². The van der Waals surface area contributed by atoms with Crippen molar-refractivity contribution >= 4 is 5.97 Å². The van der Waals surface area contributed by atoms with Gasteiger partial charge in [-0.05, 0) is 38.5 Å². The number of rotatable bonds is 15. The molecule has 0 bridgehead atoms. The summed E-state index contributed by atoms with van der Waals surface area (Å²) >= 11 is 0. The average molecular weight is 322 g/mol. The van der Waals surface area contributed by atoms with Crippen molar-refractivity contribution in [1.82, 2.24) is 0 Å². The first kappa shape index (κ1) is 20.0. The van der Waals surface area contributed by atoms with E-state index in [0.29, 0.717) is 12.2 Å². The Labute approximate surface area is 141 Å². The number of carbonyl (C=O) groups is 1. The van der Waals surface area contributed by atoms with Crippen molar-refractivity contribution in [3.05, 3.63) is 24.3 Å². The molecular weight excluding hydrogens is 288 g/mol. The molecule has 0 aliphatic carbocycles. The van der Waals surface area contributed by atoms with Gasteiger partial charge < -0.3 is 9.84 Å². The van der Waals surface area contributed by atoms with Gasteiger partial charge >= 0.3 is 5.97 Å². The maximum Gasteiger partial charge on any atom is 0.303 e. The molecule has 1 rings (SSSR count). The van der Waals surface area contributed by atoms with Gasteiger partial charge in [-0.25, -0.2) is 0 Å². The van der Waals surface area contributed by atoms with Crippen LogP contribution in [-0.2, 0) is 9.53 Å². The van der Waals surface area contributed by atoms with E-state index in [4.69, 9.17) is 9.84 Å². The highest BCUT2D eigenvalue weighted by Gasteiger charge is 2.36. The summed E-state index contributed by atoms with van der Waals surface area (Å²) in [5, 5.41) is 8.58. The second-order valence-corrected chi connectivity index (χ2v) is 6.47. The van der Waals surface area contributed by atoms with Crippen molar-refractivity contribution in [3.8, 4) is 0 Å². The topological polar surface area (TPSA) is 49.8 Å². The summed E-state index contributed by atoms with van der Waals surface area (Å²) in [4.78, 5) is 10.4. The van der Waals surface area contributed by atoms with Gasteiger partial charge in [0.15, 0.2) is 0 Å². The molecule has 0 radical (unpaired) electrons. The number of epoxide rings is 1. The first-order valence-electron chi connectivity index (χ1n) is 9.41. The predicted octanol–water partition coefficient (Wildman–Crippen LogP) is 5.65. The van der Waals surface area contributed by atoms with Crippen LogP contribution < -0.4 is 0 Å². The number of carboxylic acids is 1. The zero-order chi connectivity index (χ0) is 16.8. The van der Waals surface area contributed by atoms with Crippen molar-refractivity contribution in [1.29, 1.82) is 0 Å². The molecule has 1 saturated heterocycles. The Hall–Kier alpha value is -1.09. The highest BCUT2D eigenvalue weighted by molar-refractivity contribution is 5.66. The first-order chi connectivity index (χ1) is 11.2. The molecule has 1 N–H and O–H groups in total. The lowest BCUT2D eigenvalue weighted by Gasteiger charge is -1.97. The Morgan fingerprint density at radius 2 is 1.70 bits per heavy atom. The van der Waals surface area contributed by atoms with Gasteiger partial charge in [0.05, 0.1) is 12.2 Å². The largest absolute Gasteiger partial charge is 0.481 e. The summed E-state index contributed by atoms with van der Waals surface area (Å²) in [5.74, 6) is -0.713. The van der Waals surface area contributed by atoms with Crippen molar-refractivity contribution < 1.29 is 14.6 Å². The third-order valence-corrected chi connectivity index (χ3v) is 4.27. The molecule has 1 aliphatic heterocycles. The predicted molar refractivity (Wildman–Crippen MR) is 95.7 cm³/mol. The van der Waals surface area contributed by atoms with E-state index in [1.54, 1.807) is 0 Å². The Morgan fingerprint density at radius 3 is 2.48 bits per heavy atom. The summed E-state index contributed by atoms with van der Waals surface area (Å²) in [6.45, 7) is 2.26. The van der Waals surface area contributed by atoms with Gasteiger partial charge in [0.2, 0.25) is 0 Å². The number of ether oxygens (including phenoxy) is 1. The molecule has 2 atom stereocenters. The molecular formula is C20H34O3. The Kier molecular flexibility index (Phi) is 11.6. The second-order valence-electron chi connectivity index (χ2n) is 6.47. The SMILES string of the molecule is CCCCCCCC/C=C\C/C=C\CC1OC1CCCC(=O)O. The number of hydrogen-bond acceptors (Lipinski definition) is 2. The molecule has 0 aromatic carbocycles. The minimum absolute atomic E-state index is 0.256. The minimum Gasteiger partial charge on any atom is -0.481 e. The zero-order valence-corrected chi connectivity index (χ0v) is 14.7. The fraction of sp³-hybridized carbons (Fsp3) is 0.750. The van der Waals surface area contributed by atoms with Crippen molar-refractivity contribution in [2.24, 2.45) is 0 Å². The number of carboxylic acid groups (broad SMARTS) is 1. The van der Waals surface area contributed by atoms with Gasteiger partial charge in [0, 0.05) is 6.42 Å². The van der Waals surface area contributed by atoms with Crippen LogP contribution in [0.2, 0.25) is 0 Å². The highest BCUT2D eigenvalue weighted by Crippen LogP contribution is 2.30. The molecule has 0 aromatic rings. The summed E-state index contributed by atoms with van der Waals surface area (Å²) in [6.07, 6.45) is 22.8. The van der Waals surface area contributed by atoms with Crippen LogP contribution in [0.5, 0.6) is 0 Å². The minimum atomic E-state index is -0.713. The molecule has 3 nitrogen and oxygen atoms in total. The highest BCUT2D eigenvalue weighted by atomic mass is 16.6. The third-order valence-electron chi connectivity index (χ3n) is 4.27. The summed E-state index contributed by atoms with van der Waals surface area (Å²) in [7, 11) is 0. The molecule has 132 valence electrons. The molecule has 1 aliphatic rings. The molecule has 0 saturated carbocycles. The van der Waals surface area contributed by atoms with Gasteiger partial charge in [0.25, 0.3) is 0 Å². The summed E-state index contributed by atoms with van der Waals surface area (Å²) in [6, 6.07) is 0. The average Bonchev–Trinajstić information content (AvgIpc) is 3.26. The fourth-order valence-electron chi connectivity index (χ4n) is 2.76. The van der Waals surface area contributed by atoms with Crippen LogP contribution in [0.15, 0.2) is 24.3 Å². The lowest BCUT2D eigenvalue weighted by molar-refractivity contribution is -0.137. The maximum atomic E-state index is 10.4. The van der Waals surface area contributed by atoms with E-state index in [9.17, 15) is 4.79 Å². The molecule has 0 aromatic heterocycles. The van der Waals surface area contributed by atoms with Gasteiger partial charge in [-0.1, -0.05) is 63.3 Å². The first-order valence-corrected chi connectivity index (χ1v) is 9.41. The lowest BCUT2D eigenvalue weighted by Crippen LogP contribution is -1.97. The Balaban J connectivity index is 1.86. The van der Waals surface area contributed by atoms with Gasteiger partial charge in [-0.15, -0.1) is 0 Å². The molecule has 2 unspecified atom stereocenters. The standard InChI is InChI=1S/C20H34O3/c1-2-3-4-5-6-7-8-9-10-11-12-13-15-18-19(23-18)16-14-17-20(21)22/h9-10,12-13,18-19H,2-8,11,14-17H2,1H3,(H,21,22)/b10-9-,13-12-. The Bertz CT molecular complexity index is 360. The van der Waals surface area contributed by atoms with Crippen LogP contribution in [0.25, 0.3) is 0 Å². The van der Waals surface area contributed by atoms with E-state index in [-0.39, 0.29) is 6.42 Å². The smallest absolute Gasteiger partial charge is 0.303 e. The molecule has 1 fully saturated rings. The maximum absolute atomic E-state index is 10.4. The number of allylic oxidation sites excluding steroid dienone is 3. The number of hydrogen-bond donors (Lipinski definition) is 1. The van der Waals surface area contributed by atoms with Gasteiger partial charge in [0.1, 0.15) is 0 Å². The van der Waals surface area contributed by atoms with E-state index in [2.05, 4.69) is 31.2 Å². The summed E-state index contributed by atoms with van der Waals surface area (Å²) < 4.78 is 5.54. The van der Waals surface area contributed by atoms with E-state index < -0.39 is 5.97 Å². The van der Waals surface area contributed by atoms with Crippen molar-refractivity contribution in [2.75, 3.05) is 0 Å². The van der Waals surface area contributed by atoms with Crippen LogP contribution in [0, 0.1) is 0 Å².